The lowest BCUT2D eigenvalue weighted by Gasteiger charge is -2.32. The molecule has 0 saturated carbocycles. The molecule has 1 amide bonds. The molecule has 3 rings (SSSR count). The van der Waals surface area contributed by atoms with Crippen molar-refractivity contribution in [3.05, 3.63) is 29.5 Å². The van der Waals surface area contributed by atoms with Crippen molar-refractivity contribution in [2.24, 2.45) is 0 Å². The van der Waals surface area contributed by atoms with E-state index in [-0.39, 0.29) is 5.91 Å². The lowest BCUT2D eigenvalue weighted by Crippen LogP contribution is -2.46. The van der Waals surface area contributed by atoms with E-state index in [1.54, 1.807) is 7.11 Å². The first kappa shape index (κ1) is 16.8. The monoisotopic (exact) mass is 331 g/mol. The molecule has 2 heterocycles. The van der Waals surface area contributed by atoms with Gasteiger partial charge in [-0.25, -0.2) is 0 Å². The lowest BCUT2D eigenvalue weighted by molar-refractivity contribution is 0.0915. The molecule has 130 valence electrons. The quantitative estimate of drug-likeness (QED) is 0.904. The second-order valence-corrected chi connectivity index (χ2v) is 6.29. The van der Waals surface area contributed by atoms with Crippen LogP contribution in [0.2, 0.25) is 0 Å². The predicted molar refractivity (Wildman–Crippen MR) is 93.8 cm³/mol. The molecule has 1 aromatic heterocycles. The van der Waals surface area contributed by atoms with Gasteiger partial charge in [0.2, 0.25) is 0 Å². The van der Waals surface area contributed by atoms with E-state index in [1.807, 2.05) is 25.1 Å². The van der Waals surface area contributed by atoms with Crippen LogP contribution in [-0.4, -0.2) is 69.1 Å². The fourth-order valence-corrected chi connectivity index (χ4v) is 3.07. The van der Waals surface area contributed by atoms with E-state index in [0.717, 1.165) is 43.7 Å². The highest BCUT2D eigenvalue weighted by Gasteiger charge is 2.20. The van der Waals surface area contributed by atoms with Crippen molar-refractivity contribution < 1.29 is 13.9 Å². The summed E-state index contributed by atoms with van der Waals surface area (Å²) in [5.41, 5.74) is 1.47. The number of fused-ring (bicyclic) bond motifs is 1. The Morgan fingerprint density at radius 1 is 1.29 bits per heavy atom. The zero-order chi connectivity index (χ0) is 17.1. The topological polar surface area (TPSA) is 58.0 Å². The number of rotatable bonds is 5. The van der Waals surface area contributed by atoms with Crippen molar-refractivity contribution in [2.75, 3.05) is 53.4 Å². The van der Waals surface area contributed by atoms with Crippen molar-refractivity contribution >= 4 is 16.9 Å². The number of furan rings is 1. The highest BCUT2D eigenvalue weighted by Crippen LogP contribution is 2.32. The minimum Gasteiger partial charge on any atom is -0.493 e. The summed E-state index contributed by atoms with van der Waals surface area (Å²) in [6.45, 7) is 7.65. The van der Waals surface area contributed by atoms with E-state index in [9.17, 15) is 4.79 Å². The number of amides is 1. The Kier molecular flexibility index (Phi) is 5.06. The van der Waals surface area contributed by atoms with Crippen molar-refractivity contribution in [3.63, 3.8) is 0 Å². The van der Waals surface area contributed by atoms with Crippen molar-refractivity contribution in [2.45, 2.75) is 6.92 Å². The van der Waals surface area contributed by atoms with Gasteiger partial charge in [-0.1, -0.05) is 12.1 Å². The van der Waals surface area contributed by atoms with Gasteiger partial charge in [-0.3, -0.25) is 9.69 Å². The van der Waals surface area contributed by atoms with Gasteiger partial charge in [-0.05, 0) is 20.0 Å². The molecule has 1 N–H and O–H groups in total. The van der Waals surface area contributed by atoms with Crippen LogP contribution in [0.4, 0.5) is 0 Å². The largest absolute Gasteiger partial charge is 0.493 e. The number of hydrogen-bond acceptors (Lipinski definition) is 5. The molecule has 2 aromatic rings. The molecule has 6 nitrogen and oxygen atoms in total. The van der Waals surface area contributed by atoms with E-state index < -0.39 is 0 Å². The van der Waals surface area contributed by atoms with Crippen LogP contribution in [0.1, 0.15) is 16.1 Å². The van der Waals surface area contributed by atoms with Crippen molar-refractivity contribution in [3.8, 4) is 5.75 Å². The molecule has 0 unspecified atom stereocenters. The van der Waals surface area contributed by atoms with Crippen molar-refractivity contribution in [1.29, 1.82) is 0 Å². The molecule has 0 spiro atoms. The van der Waals surface area contributed by atoms with Gasteiger partial charge in [0.15, 0.2) is 17.1 Å². The van der Waals surface area contributed by atoms with E-state index in [2.05, 4.69) is 22.2 Å². The Hall–Kier alpha value is -2.05. The van der Waals surface area contributed by atoms with Gasteiger partial charge in [-0.15, -0.1) is 0 Å². The van der Waals surface area contributed by atoms with Crippen LogP contribution < -0.4 is 10.1 Å². The maximum absolute atomic E-state index is 12.5. The highest BCUT2D eigenvalue weighted by molar-refractivity contribution is 6.00. The molecule has 0 radical (unpaired) electrons. The van der Waals surface area contributed by atoms with Crippen LogP contribution in [0, 0.1) is 6.92 Å². The summed E-state index contributed by atoms with van der Waals surface area (Å²) in [4.78, 5) is 17.1. The maximum Gasteiger partial charge on any atom is 0.287 e. The van der Waals surface area contributed by atoms with E-state index >= 15 is 0 Å². The highest BCUT2D eigenvalue weighted by atomic mass is 16.5. The van der Waals surface area contributed by atoms with Crippen LogP contribution >= 0.6 is 0 Å². The zero-order valence-corrected chi connectivity index (χ0v) is 14.6. The number of aryl methyl sites for hydroxylation is 1. The molecule has 1 saturated heterocycles. The van der Waals surface area contributed by atoms with Gasteiger partial charge in [-0.2, -0.15) is 0 Å². The second-order valence-electron chi connectivity index (χ2n) is 6.29. The van der Waals surface area contributed by atoms with E-state index in [4.69, 9.17) is 9.15 Å². The first-order valence-corrected chi connectivity index (χ1v) is 8.35. The molecular formula is C18H25N3O3. The number of nitrogens with zero attached hydrogens (tertiary/aromatic N) is 2. The molecule has 1 aliphatic rings. The standard InChI is InChI=1S/C18H25N3O3/c1-13-14-5-4-6-15(23-3)17(14)24-16(13)18(22)19-7-8-21-11-9-20(2)10-12-21/h4-6H,7-12H2,1-3H3,(H,19,22). The zero-order valence-electron chi connectivity index (χ0n) is 14.6. The van der Waals surface area contributed by atoms with E-state index in [0.29, 0.717) is 23.6 Å². The third-order valence-corrected chi connectivity index (χ3v) is 4.66. The Morgan fingerprint density at radius 2 is 2.04 bits per heavy atom. The molecule has 0 atom stereocenters. The van der Waals surface area contributed by atoms with Crippen LogP contribution in [0.25, 0.3) is 11.0 Å². The van der Waals surface area contributed by atoms with E-state index in [1.165, 1.54) is 0 Å². The molecule has 0 bridgehead atoms. The number of para-hydroxylation sites is 1. The normalized spacial score (nSPS) is 16.5. The second kappa shape index (κ2) is 7.23. The molecule has 1 aromatic carbocycles. The first-order chi connectivity index (χ1) is 11.6. The fourth-order valence-electron chi connectivity index (χ4n) is 3.07. The summed E-state index contributed by atoms with van der Waals surface area (Å²) in [6, 6.07) is 5.68. The summed E-state index contributed by atoms with van der Waals surface area (Å²) in [6.07, 6.45) is 0. The molecule has 6 heteroatoms. The minimum atomic E-state index is -0.167. The van der Waals surface area contributed by atoms with Gasteiger partial charge < -0.3 is 19.4 Å². The summed E-state index contributed by atoms with van der Waals surface area (Å²) in [7, 11) is 3.74. The van der Waals surface area contributed by atoms with Gasteiger partial charge >= 0.3 is 0 Å². The Morgan fingerprint density at radius 3 is 2.75 bits per heavy atom. The number of carbonyl (C=O) groups excluding carboxylic acids is 1. The van der Waals surface area contributed by atoms with Gasteiger partial charge in [0.05, 0.1) is 7.11 Å². The number of piperazine rings is 1. The summed E-state index contributed by atoms with van der Waals surface area (Å²) < 4.78 is 11.1. The van der Waals surface area contributed by atoms with Crippen LogP contribution in [0.3, 0.4) is 0 Å². The molecule has 24 heavy (non-hydrogen) atoms. The number of benzene rings is 1. The third kappa shape index (κ3) is 3.39. The average molecular weight is 331 g/mol. The smallest absolute Gasteiger partial charge is 0.287 e. The number of methoxy groups -OCH3 is 1. The Labute approximate surface area is 142 Å². The number of carbonyl (C=O) groups is 1. The maximum atomic E-state index is 12.5. The van der Waals surface area contributed by atoms with Gasteiger partial charge in [0.25, 0.3) is 5.91 Å². The lowest BCUT2D eigenvalue weighted by atomic mass is 10.1. The predicted octanol–water partition coefficient (Wildman–Crippen LogP) is 1.73. The molecular weight excluding hydrogens is 306 g/mol. The molecule has 1 fully saturated rings. The molecule has 1 aliphatic heterocycles. The van der Waals surface area contributed by atoms with Crippen molar-refractivity contribution in [1.82, 2.24) is 15.1 Å². The number of ether oxygens (including phenoxy) is 1. The average Bonchev–Trinajstić information content (AvgIpc) is 2.94. The Bertz CT molecular complexity index is 718. The first-order valence-electron chi connectivity index (χ1n) is 8.35. The minimum absolute atomic E-state index is 0.167. The van der Waals surface area contributed by atoms with Crippen LogP contribution in [-0.2, 0) is 0 Å². The number of nitrogens with one attached hydrogen (secondary N) is 1. The van der Waals surface area contributed by atoms with Crippen LogP contribution in [0.15, 0.2) is 22.6 Å². The van der Waals surface area contributed by atoms with Crippen LogP contribution in [0.5, 0.6) is 5.75 Å². The fraction of sp³-hybridized carbons (Fsp3) is 0.500. The summed E-state index contributed by atoms with van der Waals surface area (Å²) in [5.74, 6) is 0.847. The summed E-state index contributed by atoms with van der Waals surface area (Å²) >= 11 is 0. The SMILES string of the molecule is COc1cccc2c(C)c(C(=O)NCCN3CCN(C)CC3)oc12. The third-order valence-electron chi connectivity index (χ3n) is 4.66. The van der Waals surface area contributed by atoms with Gasteiger partial charge in [0, 0.05) is 50.2 Å². The Balaban J connectivity index is 1.63. The molecule has 0 aliphatic carbocycles. The number of hydrogen-bond donors (Lipinski definition) is 1. The van der Waals surface area contributed by atoms with Gasteiger partial charge in [0.1, 0.15) is 0 Å². The summed E-state index contributed by atoms with van der Waals surface area (Å²) in [5, 5.41) is 3.88. The number of likely N-dealkylation sites (N-methyl/N-ethyl adjacent to an activating group) is 1.